The van der Waals surface area contributed by atoms with Crippen molar-refractivity contribution in [3.05, 3.63) is 36.4 Å². The number of fused-ring (bicyclic) bond motifs is 1. The Kier molecular flexibility index (Phi) is 2.41. The van der Waals surface area contributed by atoms with Gasteiger partial charge in [-0.1, -0.05) is 6.07 Å². The summed E-state index contributed by atoms with van der Waals surface area (Å²) in [5.74, 6) is 4.44. The third-order valence-electron chi connectivity index (χ3n) is 2.99. The minimum Gasteiger partial charge on any atom is -0.303 e. The van der Waals surface area contributed by atoms with Crippen LogP contribution in [0.5, 0.6) is 0 Å². The number of imidazole rings is 1. The second-order valence-electron chi connectivity index (χ2n) is 4.03. The molecule has 15 heavy (non-hydrogen) atoms. The maximum absolute atomic E-state index is 4.57. The van der Waals surface area contributed by atoms with Crippen LogP contribution in [0.3, 0.4) is 0 Å². The minimum atomic E-state index is 0.647. The van der Waals surface area contributed by atoms with E-state index in [-0.39, 0.29) is 0 Å². The highest BCUT2D eigenvalue weighted by Gasteiger charge is 2.19. The van der Waals surface area contributed by atoms with Gasteiger partial charge in [-0.25, -0.2) is 4.98 Å². The van der Waals surface area contributed by atoms with Crippen LogP contribution in [0.2, 0.25) is 0 Å². The van der Waals surface area contributed by atoms with Gasteiger partial charge in [0.2, 0.25) is 0 Å². The van der Waals surface area contributed by atoms with Gasteiger partial charge in [0, 0.05) is 17.9 Å². The van der Waals surface area contributed by atoms with Gasteiger partial charge in [-0.2, -0.15) is 11.8 Å². The van der Waals surface area contributed by atoms with E-state index in [1.54, 1.807) is 0 Å². The van der Waals surface area contributed by atoms with Gasteiger partial charge >= 0.3 is 0 Å². The van der Waals surface area contributed by atoms with E-state index in [2.05, 4.69) is 45.5 Å². The van der Waals surface area contributed by atoms with Crippen LogP contribution in [0.15, 0.2) is 30.6 Å². The molecule has 2 aromatic heterocycles. The monoisotopic (exact) mass is 218 g/mol. The Morgan fingerprint density at radius 1 is 1.40 bits per heavy atom. The van der Waals surface area contributed by atoms with E-state index in [0.717, 1.165) is 0 Å². The molecular weight excluding hydrogens is 204 g/mol. The fourth-order valence-corrected chi connectivity index (χ4v) is 3.35. The summed E-state index contributed by atoms with van der Waals surface area (Å²) in [4.78, 5) is 4.57. The zero-order valence-corrected chi connectivity index (χ0v) is 9.41. The predicted molar refractivity (Wildman–Crippen MR) is 64.5 cm³/mol. The second-order valence-corrected chi connectivity index (χ2v) is 5.18. The van der Waals surface area contributed by atoms with E-state index >= 15 is 0 Å². The zero-order valence-electron chi connectivity index (χ0n) is 8.60. The van der Waals surface area contributed by atoms with Crippen LogP contribution in [-0.2, 0) is 0 Å². The quantitative estimate of drug-likeness (QED) is 0.732. The lowest BCUT2D eigenvalue weighted by atomic mass is 10.1. The largest absolute Gasteiger partial charge is 0.303 e. The first-order valence-electron chi connectivity index (χ1n) is 5.45. The smallest absolute Gasteiger partial charge is 0.117 e. The third kappa shape index (κ3) is 1.65. The van der Waals surface area contributed by atoms with E-state index in [9.17, 15) is 0 Å². The molecule has 0 saturated carbocycles. The molecule has 0 amide bonds. The molecule has 1 unspecified atom stereocenters. The Balaban J connectivity index is 2.02. The molecule has 1 aliphatic rings. The van der Waals surface area contributed by atoms with Crippen LogP contribution < -0.4 is 0 Å². The van der Waals surface area contributed by atoms with Crippen molar-refractivity contribution in [2.75, 3.05) is 11.5 Å². The topological polar surface area (TPSA) is 17.3 Å². The first-order valence-corrected chi connectivity index (χ1v) is 6.60. The number of thioether (sulfide) groups is 1. The molecule has 0 aromatic carbocycles. The van der Waals surface area contributed by atoms with Crippen molar-refractivity contribution in [1.29, 1.82) is 0 Å². The van der Waals surface area contributed by atoms with Crippen LogP contribution in [-0.4, -0.2) is 20.9 Å². The molecule has 0 bridgehead atoms. The summed E-state index contributed by atoms with van der Waals surface area (Å²) in [6, 6.07) is 6.26. The first kappa shape index (κ1) is 9.28. The van der Waals surface area contributed by atoms with Gasteiger partial charge in [0.15, 0.2) is 0 Å². The van der Waals surface area contributed by atoms with Crippen molar-refractivity contribution in [3.63, 3.8) is 0 Å². The van der Waals surface area contributed by atoms with Crippen LogP contribution in [0, 0.1) is 0 Å². The summed E-state index contributed by atoms with van der Waals surface area (Å²) in [6.07, 6.45) is 6.73. The lowest BCUT2D eigenvalue weighted by Crippen LogP contribution is -2.11. The zero-order chi connectivity index (χ0) is 10.1. The van der Waals surface area contributed by atoms with Gasteiger partial charge in [-0.15, -0.1) is 0 Å². The van der Waals surface area contributed by atoms with Crippen molar-refractivity contribution >= 4 is 17.3 Å². The molecule has 3 heteroatoms. The average Bonchev–Trinajstić information content (AvgIpc) is 2.74. The second kappa shape index (κ2) is 3.89. The first-order chi connectivity index (χ1) is 7.45. The Labute approximate surface area is 93.7 Å². The molecule has 1 atom stereocenters. The number of rotatable bonds is 1. The summed E-state index contributed by atoms with van der Waals surface area (Å²) in [5, 5.41) is 0. The molecule has 3 rings (SSSR count). The summed E-state index contributed by atoms with van der Waals surface area (Å²) >= 11 is 2.06. The lowest BCUT2D eigenvalue weighted by molar-refractivity contribution is 0.621. The SMILES string of the molecule is c1ccn2c(C3CCCSC3)ncc2c1. The fourth-order valence-electron chi connectivity index (χ4n) is 2.21. The van der Waals surface area contributed by atoms with Gasteiger partial charge in [-0.3, -0.25) is 0 Å². The molecular formula is C12H14N2S. The van der Waals surface area contributed by atoms with Crippen LogP contribution in [0.4, 0.5) is 0 Å². The summed E-state index contributed by atoms with van der Waals surface area (Å²) < 4.78 is 2.23. The van der Waals surface area contributed by atoms with Gasteiger partial charge in [0.25, 0.3) is 0 Å². The molecule has 2 nitrogen and oxygen atoms in total. The summed E-state index contributed by atoms with van der Waals surface area (Å²) in [6.45, 7) is 0. The van der Waals surface area contributed by atoms with Gasteiger partial charge < -0.3 is 4.40 Å². The van der Waals surface area contributed by atoms with Crippen molar-refractivity contribution < 1.29 is 0 Å². The number of hydrogen-bond acceptors (Lipinski definition) is 2. The summed E-state index contributed by atoms with van der Waals surface area (Å²) in [5.41, 5.74) is 1.21. The van der Waals surface area contributed by atoms with Crippen molar-refractivity contribution in [2.24, 2.45) is 0 Å². The van der Waals surface area contributed by atoms with E-state index < -0.39 is 0 Å². The predicted octanol–water partition coefficient (Wildman–Crippen LogP) is 2.94. The molecule has 0 spiro atoms. The molecule has 1 fully saturated rings. The maximum Gasteiger partial charge on any atom is 0.117 e. The highest BCUT2D eigenvalue weighted by molar-refractivity contribution is 7.99. The van der Waals surface area contributed by atoms with Crippen LogP contribution in [0.1, 0.15) is 24.6 Å². The van der Waals surface area contributed by atoms with E-state index in [0.29, 0.717) is 5.92 Å². The van der Waals surface area contributed by atoms with E-state index in [1.165, 1.54) is 35.7 Å². The fraction of sp³-hybridized carbons (Fsp3) is 0.417. The molecule has 78 valence electrons. The normalized spacial score (nSPS) is 22.0. The van der Waals surface area contributed by atoms with Crippen LogP contribution >= 0.6 is 11.8 Å². The molecule has 0 N–H and O–H groups in total. The standard InChI is InChI=1S/C12H14N2S/c1-2-6-14-11(5-1)8-13-12(14)10-4-3-7-15-9-10/h1-2,5-6,8,10H,3-4,7,9H2. The van der Waals surface area contributed by atoms with E-state index in [1.807, 2.05) is 6.20 Å². The van der Waals surface area contributed by atoms with Crippen molar-refractivity contribution in [2.45, 2.75) is 18.8 Å². The number of nitrogens with zero attached hydrogens (tertiary/aromatic N) is 2. The average molecular weight is 218 g/mol. The Bertz CT molecular complexity index is 457. The highest BCUT2D eigenvalue weighted by Crippen LogP contribution is 2.30. The Morgan fingerprint density at radius 2 is 2.40 bits per heavy atom. The van der Waals surface area contributed by atoms with Crippen molar-refractivity contribution in [1.82, 2.24) is 9.38 Å². The maximum atomic E-state index is 4.57. The molecule has 0 radical (unpaired) electrons. The molecule has 1 saturated heterocycles. The Morgan fingerprint density at radius 3 is 3.27 bits per heavy atom. The molecule has 2 aromatic rings. The van der Waals surface area contributed by atoms with Crippen LogP contribution in [0.25, 0.3) is 5.52 Å². The van der Waals surface area contributed by atoms with Gasteiger partial charge in [-0.05, 0) is 30.7 Å². The minimum absolute atomic E-state index is 0.647. The molecule has 0 aliphatic carbocycles. The number of hydrogen-bond donors (Lipinski definition) is 0. The number of pyridine rings is 1. The third-order valence-corrected chi connectivity index (χ3v) is 4.21. The lowest BCUT2D eigenvalue weighted by Gasteiger charge is -2.20. The van der Waals surface area contributed by atoms with Gasteiger partial charge in [0.1, 0.15) is 5.82 Å². The molecule has 3 heterocycles. The molecule has 1 aliphatic heterocycles. The number of aromatic nitrogens is 2. The van der Waals surface area contributed by atoms with E-state index in [4.69, 9.17) is 0 Å². The summed E-state index contributed by atoms with van der Waals surface area (Å²) in [7, 11) is 0. The highest BCUT2D eigenvalue weighted by atomic mass is 32.2. The van der Waals surface area contributed by atoms with Crippen molar-refractivity contribution in [3.8, 4) is 0 Å². The van der Waals surface area contributed by atoms with Gasteiger partial charge in [0.05, 0.1) is 11.7 Å². The Hall–Kier alpha value is -0.960.